The van der Waals surface area contributed by atoms with E-state index in [-0.39, 0.29) is 0 Å². The molecule has 1 aromatic carbocycles. The molecule has 0 spiro atoms. The van der Waals surface area contributed by atoms with Crippen molar-refractivity contribution in [1.29, 1.82) is 0 Å². The number of nitrogens with zero attached hydrogens (tertiary/aromatic N) is 2. The van der Waals surface area contributed by atoms with Gasteiger partial charge >= 0.3 is 0 Å². The number of para-hydroxylation sites is 1. The molecule has 1 heterocycles. The van der Waals surface area contributed by atoms with E-state index in [1.54, 1.807) is 0 Å². The lowest BCUT2D eigenvalue weighted by Gasteiger charge is -2.07. The Hall–Kier alpha value is -1.61. The molecule has 0 aliphatic heterocycles. The highest BCUT2D eigenvalue weighted by Crippen LogP contribution is 2.09. The molecule has 0 radical (unpaired) electrons. The molecule has 0 unspecified atom stereocenters. The molecule has 0 amide bonds. The summed E-state index contributed by atoms with van der Waals surface area (Å²) in [5.41, 5.74) is 2.29. The topological polar surface area (TPSA) is 29.9 Å². The molecule has 0 saturated carbocycles. The van der Waals surface area contributed by atoms with Gasteiger partial charge in [0.05, 0.1) is 11.4 Å². The Morgan fingerprint density at radius 2 is 2.00 bits per heavy atom. The zero-order valence-corrected chi connectivity index (χ0v) is 8.85. The average Bonchev–Trinajstić information content (AvgIpc) is 2.75. The molecule has 1 aromatic heterocycles. The Morgan fingerprint density at radius 3 is 2.73 bits per heavy atom. The van der Waals surface area contributed by atoms with E-state index in [1.807, 2.05) is 35.1 Å². The number of benzene rings is 1. The molecule has 3 heteroatoms. The summed E-state index contributed by atoms with van der Waals surface area (Å²) in [7, 11) is 0. The third kappa shape index (κ3) is 2.25. The molecule has 0 aliphatic carbocycles. The van der Waals surface area contributed by atoms with E-state index in [0.717, 1.165) is 18.8 Å². The van der Waals surface area contributed by atoms with Gasteiger partial charge in [-0.15, -0.1) is 0 Å². The molecule has 0 bridgehead atoms. The molecule has 78 valence electrons. The lowest BCUT2D eigenvalue weighted by atomic mass is 10.3. The van der Waals surface area contributed by atoms with E-state index in [1.165, 1.54) is 5.69 Å². The van der Waals surface area contributed by atoms with E-state index < -0.39 is 0 Å². The summed E-state index contributed by atoms with van der Waals surface area (Å²) in [5, 5.41) is 7.62. The number of aromatic nitrogens is 2. The minimum atomic E-state index is 0.853. The van der Waals surface area contributed by atoms with Gasteiger partial charge in [0.25, 0.3) is 0 Å². The Bertz CT molecular complexity index is 406. The summed E-state index contributed by atoms with van der Waals surface area (Å²) in [6.07, 6.45) is 1.83. The van der Waals surface area contributed by atoms with Gasteiger partial charge in [-0.2, -0.15) is 5.10 Å². The van der Waals surface area contributed by atoms with Crippen LogP contribution in [0.4, 0.5) is 0 Å². The number of hydrogen-bond donors (Lipinski definition) is 1. The Kier molecular flexibility index (Phi) is 3.15. The molecule has 1 N–H and O–H groups in total. The lowest BCUT2D eigenvalue weighted by molar-refractivity contribution is 0.678. The second-order valence-electron chi connectivity index (χ2n) is 3.35. The lowest BCUT2D eigenvalue weighted by Crippen LogP contribution is -2.15. The summed E-state index contributed by atoms with van der Waals surface area (Å²) in [4.78, 5) is 0. The van der Waals surface area contributed by atoms with Gasteiger partial charge < -0.3 is 5.32 Å². The van der Waals surface area contributed by atoms with Crippen LogP contribution in [0, 0.1) is 0 Å². The predicted octanol–water partition coefficient (Wildman–Crippen LogP) is 1.98. The fraction of sp³-hybridized carbons (Fsp3) is 0.250. The third-order valence-corrected chi connectivity index (χ3v) is 2.28. The fourth-order valence-corrected chi connectivity index (χ4v) is 1.52. The number of nitrogens with one attached hydrogen (secondary N) is 1. The van der Waals surface area contributed by atoms with Crippen molar-refractivity contribution in [2.24, 2.45) is 0 Å². The molecule has 0 fully saturated rings. The molecular weight excluding hydrogens is 186 g/mol. The van der Waals surface area contributed by atoms with Gasteiger partial charge in [0, 0.05) is 12.7 Å². The second kappa shape index (κ2) is 4.75. The van der Waals surface area contributed by atoms with Crippen molar-refractivity contribution in [3.05, 3.63) is 48.3 Å². The quantitative estimate of drug-likeness (QED) is 0.819. The highest BCUT2D eigenvalue weighted by molar-refractivity contribution is 5.32. The van der Waals surface area contributed by atoms with Crippen LogP contribution in [0.3, 0.4) is 0 Å². The average molecular weight is 201 g/mol. The van der Waals surface area contributed by atoms with Crippen molar-refractivity contribution in [2.75, 3.05) is 6.54 Å². The van der Waals surface area contributed by atoms with Crippen molar-refractivity contribution < 1.29 is 0 Å². The van der Waals surface area contributed by atoms with Crippen LogP contribution < -0.4 is 5.32 Å². The molecule has 0 atom stereocenters. The Balaban J connectivity index is 2.25. The third-order valence-electron chi connectivity index (χ3n) is 2.28. The maximum absolute atomic E-state index is 4.32. The first kappa shape index (κ1) is 9.93. The summed E-state index contributed by atoms with van der Waals surface area (Å²) in [6.45, 7) is 3.93. The van der Waals surface area contributed by atoms with Gasteiger partial charge in [0.15, 0.2) is 0 Å². The maximum atomic E-state index is 4.32. The van der Waals surface area contributed by atoms with E-state index in [0.29, 0.717) is 0 Å². The number of hydrogen-bond acceptors (Lipinski definition) is 2. The van der Waals surface area contributed by atoms with Gasteiger partial charge in [-0.3, -0.25) is 0 Å². The molecular formula is C12H15N3. The first-order chi connectivity index (χ1) is 7.42. The normalized spacial score (nSPS) is 10.5. The molecule has 2 rings (SSSR count). The van der Waals surface area contributed by atoms with Gasteiger partial charge in [0.1, 0.15) is 0 Å². The fourth-order valence-electron chi connectivity index (χ4n) is 1.52. The summed E-state index contributed by atoms with van der Waals surface area (Å²) < 4.78 is 1.96. The standard InChI is InChI=1S/C12H15N3/c1-2-13-10-12-8-9-14-15(12)11-6-4-3-5-7-11/h3-9,13H,2,10H2,1H3. The molecule has 2 aromatic rings. The van der Waals surface area contributed by atoms with Gasteiger partial charge in [0.2, 0.25) is 0 Å². The predicted molar refractivity (Wildman–Crippen MR) is 60.9 cm³/mol. The zero-order chi connectivity index (χ0) is 10.5. The molecule has 3 nitrogen and oxygen atoms in total. The highest BCUT2D eigenvalue weighted by atomic mass is 15.3. The molecule has 15 heavy (non-hydrogen) atoms. The van der Waals surface area contributed by atoms with E-state index in [2.05, 4.69) is 29.5 Å². The van der Waals surface area contributed by atoms with Gasteiger partial charge in [-0.1, -0.05) is 25.1 Å². The first-order valence-electron chi connectivity index (χ1n) is 5.21. The monoisotopic (exact) mass is 201 g/mol. The van der Waals surface area contributed by atoms with E-state index >= 15 is 0 Å². The van der Waals surface area contributed by atoms with Crippen molar-refractivity contribution in [2.45, 2.75) is 13.5 Å². The Morgan fingerprint density at radius 1 is 1.20 bits per heavy atom. The summed E-state index contributed by atoms with van der Waals surface area (Å²) in [6, 6.07) is 12.2. The summed E-state index contributed by atoms with van der Waals surface area (Å²) >= 11 is 0. The van der Waals surface area contributed by atoms with Gasteiger partial charge in [-0.05, 0) is 24.7 Å². The Labute approximate surface area is 89.7 Å². The van der Waals surface area contributed by atoms with Crippen LogP contribution in [-0.2, 0) is 6.54 Å². The second-order valence-corrected chi connectivity index (χ2v) is 3.35. The minimum Gasteiger partial charge on any atom is -0.311 e. The SMILES string of the molecule is CCNCc1ccnn1-c1ccccc1. The van der Waals surface area contributed by atoms with Crippen LogP contribution in [0.15, 0.2) is 42.6 Å². The van der Waals surface area contributed by atoms with E-state index in [9.17, 15) is 0 Å². The highest BCUT2D eigenvalue weighted by Gasteiger charge is 2.02. The van der Waals surface area contributed by atoms with Crippen LogP contribution in [0.1, 0.15) is 12.6 Å². The molecule has 0 aliphatic rings. The van der Waals surface area contributed by atoms with Crippen LogP contribution in [0.2, 0.25) is 0 Å². The maximum Gasteiger partial charge on any atom is 0.0649 e. The van der Waals surface area contributed by atoms with Crippen molar-refractivity contribution in [3.63, 3.8) is 0 Å². The number of rotatable bonds is 4. The van der Waals surface area contributed by atoms with Crippen LogP contribution in [0.5, 0.6) is 0 Å². The van der Waals surface area contributed by atoms with Crippen molar-refractivity contribution in [3.8, 4) is 5.69 Å². The van der Waals surface area contributed by atoms with Gasteiger partial charge in [-0.25, -0.2) is 4.68 Å². The minimum absolute atomic E-state index is 0.853. The molecule has 0 saturated heterocycles. The van der Waals surface area contributed by atoms with Crippen LogP contribution in [-0.4, -0.2) is 16.3 Å². The largest absolute Gasteiger partial charge is 0.311 e. The van der Waals surface area contributed by atoms with Crippen LogP contribution >= 0.6 is 0 Å². The van der Waals surface area contributed by atoms with Crippen molar-refractivity contribution in [1.82, 2.24) is 15.1 Å². The van der Waals surface area contributed by atoms with E-state index in [4.69, 9.17) is 0 Å². The first-order valence-corrected chi connectivity index (χ1v) is 5.21. The van der Waals surface area contributed by atoms with Crippen molar-refractivity contribution >= 4 is 0 Å². The van der Waals surface area contributed by atoms with Crippen LogP contribution in [0.25, 0.3) is 5.69 Å². The smallest absolute Gasteiger partial charge is 0.0649 e. The zero-order valence-electron chi connectivity index (χ0n) is 8.85. The summed E-state index contributed by atoms with van der Waals surface area (Å²) in [5.74, 6) is 0.